The minimum absolute atomic E-state index is 0.0885. The molecule has 0 spiro atoms. The smallest absolute Gasteiger partial charge is 0.320 e. The van der Waals surface area contributed by atoms with E-state index in [1.165, 1.54) is 0 Å². The number of carbonyl (C=O) groups is 6. The predicted octanol–water partition coefficient (Wildman–Crippen LogP) is -2.97. The van der Waals surface area contributed by atoms with Crippen LogP contribution in [-0.4, -0.2) is 108 Å². The van der Waals surface area contributed by atoms with Gasteiger partial charge in [0, 0.05) is 44.3 Å². The average molecular weight is 652 g/mol. The van der Waals surface area contributed by atoms with E-state index in [-0.39, 0.29) is 70.7 Å². The average Bonchev–Trinajstić information content (AvgIpc) is 3.03. The summed E-state index contributed by atoms with van der Waals surface area (Å²) in [6, 6.07) is 5.26. The summed E-state index contributed by atoms with van der Waals surface area (Å²) in [5.41, 5.74) is 17.3. The molecule has 0 saturated heterocycles. The molecule has 258 valence electrons. The number of carboxylic acid groups (broad SMARTS) is 1. The van der Waals surface area contributed by atoms with Gasteiger partial charge in [-0.25, -0.2) is 0 Å². The Morgan fingerprint density at radius 2 is 1.46 bits per heavy atom. The number of ketones is 1. The molecule has 0 heterocycles. The van der Waals surface area contributed by atoms with Gasteiger partial charge in [-0.1, -0.05) is 30.3 Å². The number of aliphatic carboxylic acids is 1. The number of nitrogens with one attached hydrogen (secondary N) is 4. The van der Waals surface area contributed by atoms with Crippen molar-refractivity contribution in [2.24, 2.45) is 23.1 Å². The van der Waals surface area contributed by atoms with Crippen LogP contribution < -0.4 is 38.5 Å². The normalized spacial score (nSPS) is 14.3. The van der Waals surface area contributed by atoms with Gasteiger partial charge in [0.15, 0.2) is 0 Å². The third kappa shape index (κ3) is 16.9. The van der Waals surface area contributed by atoms with Gasteiger partial charge in [0.2, 0.25) is 23.6 Å². The summed E-state index contributed by atoms with van der Waals surface area (Å²) < 4.78 is 0. The molecule has 0 fully saturated rings. The van der Waals surface area contributed by atoms with Gasteiger partial charge in [-0.05, 0) is 37.7 Å². The zero-order valence-corrected chi connectivity index (χ0v) is 26.0. The van der Waals surface area contributed by atoms with Crippen LogP contribution in [0, 0.1) is 5.92 Å². The molecule has 0 radical (unpaired) electrons. The Labute approximate surface area is 268 Å². The van der Waals surface area contributed by atoms with Crippen LogP contribution in [0.4, 0.5) is 0 Å². The molecule has 16 nitrogen and oxygen atoms in total. The van der Waals surface area contributed by atoms with Crippen LogP contribution >= 0.6 is 0 Å². The van der Waals surface area contributed by atoms with E-state index < -0.39 is 66.2 Å². The molecule has 5 unspecified atom stereocenters. The highest BCUT2D eigenvalue weighted by Crippen LogP contribution is 2.14. The summed E-state index contributed by atoms with van der Waals surface area (Å²) in [6.07, 6.45) is 1.28. The van der Waals surface area contributed by atoms with Crippen molar-refractivity contribution in [3.05, 3.63) is 35.9 Å². The fourth-order valence-electron chi connectivity index (χ4n) is 4.40. The SMILES string of the molecule is NC(=O)CC(CCC(N)CO)C(=O)CNC(CCC(=O)NCCCCNC(=O)C(Cc1ccccc1)NC(=O)C(N)CO)C(=O)O. The number of nitrogens with two attached hydrogens (primary N) is 3. The van der Waals surface area contributed by atoms with Gasteiger partial charge in [-0.15, -0.1) is 0 Å². The van der Waals surface area contributed by atoms with E-state index in [0.717, 1.165) is 5.56 Å². The lowest BCUT2D eigenvalue weighted by atomic mass is 9.92. The van der Waals surface area contributed by atoms with Crippen LogP contribution in [-0.2, 0) is 35.2 Å². The quantitative estimate of drug-likeness (QED) is 0.0474. The second-order valence-electron chi connectivity index (χ2n) is 11.1. The first-order valence-corrected chi connectivity index (χ1v) is 15.3. The van der Waals surface area contributed by atoms with Crippen molar-refractivity contribution in [1.82, 2.24) is 21.3 Å². The van der Waals surface area contributed by atoms with Gasteiger partial charge >= 0.3 is 5.97 Å². The van der Waals surface area contributed by atoms with Crippen molar-refractivity contribution in [3.8, 4) is 0 Å². The number of primary amides is 1. The van der Waals surface area contributed by atoms with Crippen LogP contribution in [0.3, 0.4) is 0 Å². The van der Waals surface area contributed by atoms with Crippen molar-refractivity contribution in [1.29, 1.82) is 0 Å². The Hall–Kier alpha value is -3.96. The number of unbranched alkanes of at least 4 members (excludes halogenated alkanes) is 1. The summed E-state index contributed by atoms with van der Waals surface area (Å²) >= 11 is 0. The van der Waals surface area contributed by atoms with Gasteiger partial charge in [0.1, 0.15) is 23.9 Å². The molecule has 0 aliphatic rings. The molecule has 1 aromatic rings. The van der Waals surface area contributed by atoms with E-state index in [4.69, 9.17) is 27.4 Å². The minimum Gasteiger partial charge on any atom is -0.480 e. The maximum Gasteiger partial charge on any atom is 0.320 e. The lowest BCUT2D eigenvalue weighted by Crippen LogP contribution is -2.53. The second kappa shape index (κ2) is 22.5. The fraction of sp³-hybridized carbons (Fsp3) is 0.600. The Morgan fingerprint density at radius 3 is 2.04 bits per heavy atom. The summed E-state index contributed by atoms with van der Waals surface area (Å²) in [6.45, 7) is -0.649. The number of aliphatic hydroxyl groups excluding tert-OH is 2. The molecular weight excluding hydrogens is 602 g/mol. The highest BCUT2D eigenvalue weighted by molar-refractivity contribution is 5.90. The van der Waals surface area contributed by atoms with E-state index in [0.29, 0.717) is 12.8 Å². The van der Waals surface area contributed by atoms with Gasteiger partial charge in [-0.2, -0.15) is 0 Å². The molecular formula is C30H49N7O9. The zero-order valence-electron chi connectivity index (χ0n) is 26.0. The van der Waals surface area contributed by atoms with E-state index in [9.17, 15) is 33.9 Å². The highest BCUT2D eigenvalue weighted by Gasteiger charge is 2.25. The number of amides is 4. The third-order valence-corrected chi connectivity index (χ3v) is 7.18. The Bertz CT molecular complexity index is 1120. The number of carbonyl (C=O) groups excluding carboxylic acids is 5. The predicted molar refractivity (Wildman–Crippen MR) is 168 cm³/mol. The van der Waals surface area contributed by atoms with E-state index >= 15 is 0 Å². The molecule has 0 saturated carbocycles. The van der Waals surface area contributed by atoms with Crippen molar-refractivity contribution < 1.29 is 44.1 Å². The van der Waals surface area contributed by atoms with E-state index in [1.54, 1.807) is 0 Å². The van der Waals surface area contributed by atoms with Crippen molar-refractivity contribution in [3.63, 3.8) is 0 Å². The number of Topliss-reactive ketones (excluding diaryl/α,β-unsaturated/α-hetero) is 1. The van der Waals surface area contributed by atoms with Crippen LogP contribution in [0.25, 0.3) is 0 Å². The second-order valence-corrected chi connectivity index (χ2v) is 11.1. The molecule has 0 aromatic heterocycles. The number of hydrogen-bond acceptors (Lipinski definition) is 11. The lowest BCUT2D eigenvalue weighted by Gasteiger charge is -2.20. The van der Waals surface area contributed by atoms with Gasteiger partial charge in [0.25, 0.3) is 0 Å². The molecule has 0 aliphatic carbocycles. The topological polar surface area (TPSA) is 289 Å². The minimum atomic E-state index is -1.25. The van der Waals surface area contributed by atoms with Crippen molar-refractivity contribution in [2.45, 2.75) is 75.5 Å². The molecule has 1 aromatic carbocycles. The third-order valence-electron chi connectivity index (χ3n) is 7.18. The molecule has 5 atom stereocenters. The fourth-order valence-corrected chi connectivity index (χ4v) is 4.40. The summed E-state index contributed by atoms with van der Waals surface area (Å²) in [5.74, 6) is -4.60. The standard InChI is InChI=1S/C30H49N7O9/c31-21(17-38)9-8-20(15-26(33)41)25(40)16-36-23(30(45)46)10-11-27(42)34-12-4-5-13-35-29(44)24(37-28(43)22(32)18-39)14-19-6-2-1-3-7-19/h1-3,6-7,20-24,36,38-39H,4-5,8-18,31-32H2,(H2,33,41)(H,34,42)(H,35,44)(H,37,43)(H,45,46). The molecule has 46 heavy (non-hydrogen) atoms. The maximum atomic E-state index is 12.8. The summed E-state index contributed by atoms with van der Waals surface area (Å²) in [5, 5.41) is 38.4. The largest absolute Gasteiger partial charge is 0.480 e. The van der Waals surface area contributed by atoms with Gasteiger partial charge < -0.3 is 48.5 Å². The number of rotatable bonds is 25. The van der Waals surface area contributed by atoms with E-state index in [2.05, 4.69) is 21.3 Å². The summed E-state index contributed by atoms with van der Waals surface area (Å²) in [7, 11) is 0. The lowest BCUT2D eigenvalue weighted by molar-refractivity contribution is -0.140. The number of benzene rings is 1. The number of carboxylic acids is 1. The summed E-state index contributed by atoms with van der Waals surface area (Å²) in [4.78, 5) is 72.9. The highest BCUT2D eigenvalue weighted by atomic mass is 16.4. The molecule has 0 aliphatic heterocycles. The van der Waals surface area contributed by atoms with Crippen molar-refractivity contribution in [2.75, 3.05) is 32.8 Å². The first kappa shape index (κ1) is 40.1. The van der Waals surface area contributed by atoms with Gasteiger partial charge in [0.05, 0.1) is 19.8 Å². The maximum absolute atomic E-state index is 12.8. The van der Waals surface area contributed by atoms with Crippen LogP contribution in [0.15, 0.2) is 30.3 Å². The van der Waals surface area contributed by atoms with E-state index in [1.807, 2.05) is 30.3 Å². The first-order valence-electron chi connectivity index (χ1n) is 15.3. The van der Waals surface area contributed by atoms with Gasteiger partial charge in [-0.3, -0.25) is 34.1 Å². The Kier molecular flexibility index (Phi) is 19.6. The Balaban J connectivity index is 2.45. The molecule has 4 amide bonds. The Morgan fingerprint density at radius 1 is 0.804 bits per heavy atom. The zero-order chi connectivity index (χ0) is 34.5. The van der Waals surface area contributed by atoms with Crippen LogP contribution in [0.2, 0.25) is 0 Å². The molecule has 0 bridgehead atoms. The number of aliphatic hydroxyl groups is 2. The number of hydrogen-bond donors (Lipinski definition) is 10. The molecule has 13 N–H and O–H groups in total. The van der Waals surface area contributed by atoms with Crippen LogP contribution in [0.1, 0.15) is 50.5 Å². The first-order chi connectivity index (χ1) is 21.9. The molecule has 1 rings (SSSR count). The van der Waals surface area contributed by atoms with Crippen molar-refractivity contribution >= 4 is 35.4 Å². The molecule has 16 heteroatoms. The van der Waals surface area contributed by atoms with Crippen LogP contribution in [0.5, 0.6) is 0 Å². The monoisotopic (exact) mass is 651 g/mol.